The number of anilines is 1. The second kappa shape index (κ2) is 5.40. The Morgan fingerprint density at radius 3 is 2.84 bits per heavy atom. The minimum atomic E-state index is -2.95. The topological polar surface area (TPSA) is 61.2 Å². The van der Waals surface area contributed by atoms with E-state index in [0.29, 0.717) is 18.0 Å². The van der Waals surface area contributed by atoms with Gasteiger partial charge in [-0.25, -0.2) is 8.42 Å². The van der Waals surface area contributed by atoms with Gasteiger partial charge in [-0.3, -0.25) is 0 Å². The van der Waals surface area contributed by atoms with Crippen LogP contribution in [0.25, 0.3) is 0 Å². The number of hydrogen-bond acceptors (Lipinski definition) is 4. The summed E-state index contributed by atoms with van der Waals surface area (Å²) >= 11 is 5.76. The third-order valence-electron chi connectivity index (χ3n) is 3.32. The van der Waals surface area contributed by atoms with Gasteiger partial charge in [0, 0.05) is 18.5 Å². The molecule has 0 amide bonds. The lowest BCUT2D eigenvalue weighted by Crippen LogP contribution is -2.47. The summed E-state index contributed by atoms with van der Waals surface area (Å²) in [6.07, 6.45) is 0. The van der Waals surface area contributed by atoms with E-state index in [1.807, 2.05) is 24.0 Å². The number of rotatable bonds is 2. The highest BCUT2D eigenvalue weighted by Crippen LogP contribution is 2.26. The van der Waals surface area contributed by atoms with Gasteiger partial charge in [-0.2, -0.15) is 5.26 Å². The summed E-state index contributed by atoms with van der Waals surface area (Å²) in [7, 11) is -2.95. The number of alkyl halides is 1. The largest absolute Gasteiger partial charge is 0.366 e. The zero-order valence-corrected chi connectivity index (χ0v) is 12.2. The SMILES string of the molecule is CC1CS(=O)(=O)CCN1c1ccc(CCl)cc1C#N. The lowest BCUT2D eigenvalue weighted by molar-refractivity contribution is 0.568. The zero-order chi connectivity index (χ0) is 14.0. The average Bonchev–Trinajstić information content (AvgIpc) is 2.37. The molecule has 0 radical (unpaired) electrons. The summed E-state index contributed by atoms with van der Waals surface area (Å²) in [5.74, 6) is 0.632. The lowest BCUT2D eigenvalue weighted by Gasteiger charge is -2.35. The van der Waals surface area contributed by atoms with Crippen molar-refractivity contribution in [1.29, 1.82) is 5.26 Å². The Kier molecular flexibility index (Phi) is 4.02. The Hall–Kier alpha value is -1.25. The molecular formula is C13H15ClN2O2S. The molecule has 1 aliphatic rings. The van der Waals surface area contributed by atoms with Crippen LogP contribution >= 0.6 is 11.6 Å². The summed E-state index contributed by atoms with van der Waals surface area (Å²) in [6.45, 7) is 2.30. The van der Waals surface area contributed by atoms with Gasteiger partial charge in [0.25, 0.3) is 0 Å². The van der Waals surface area contributed by atoms with Gasteiger partial charge >= 0.3 is 0 Å². The molecular weight excluding hydrogens is 284 g/mol. The van der Waals surface area contributed by atoms with Crippen LogP contribution in [0, 0.1) is 11.3 Å². The molecule has 1 fully saturated rings. The van der Waals surface area contributed by atoms with Crippen LogP contribution in [-0.4, -0.2) is 32.5 Å². The van der Waals surface area contributed by atoms with Crippen LogP contribution in [0.15, 0.2) is 18.2 Å². The fraction of sp³-hybridized carbons (Fsp3) is 0.462. The van der Waals surface area contributed by atoms with Crippen molar-refractivity contribution in [3.63, 3.8) is 0 Å². The van der Waals surface area contributed by atoms with Crippen molar-refractivity contribution >= 4 is 27.1 Å². The van der Waals surface area contributed by atoms with Crippen molar-refractivity contribution < 1.29 is 8.42 Å². The predicted molar refractivity (Wildman–Crippen MR) is 76.2 cm³/mol. The first-order valence-corrected chi connectivity index (χ1v) is 8.38. The summed E-state index contributed by atoms with van der Waals surface area (Å²) in [5, 5.41) is 9.22. The maximum atomic E-state index is 11.6. The highest BCUT2D eigenvalue weighted by molar-refractivity contribution is 7.91. The number of sulfone groups is 1. The van der Waals surface area contributed by atoms with E-state index in [-0.39, 0.29) is 17.5 Å². The molecule has 0 N–H and O–H groups in total. The van der Waals surface area contributed by atoms with Crippen LogP contribution < -0.4 is 4.90 Å². The van der Waals surface area contributed by atoms with Gasteiger partial charge < -0.3 is 4.90 Å². The van der Waals surface area contributed by atoms with Gasteiger partial charge in [-0.15, -0.1) is 11.6 Å². The van der Waals surface area contributed by atoms with Crippen LogP contribution in [0.5, 0.6) is 0 Å². The third-order valence-corrected chi connectivity index (χ3v) is 5.42. The first kappa shape index (κ1) is 14.2. The summed E-state index contributed by atoms with van der Waals surface area (Å²) in [5.41, 5.74) is 2.22. The smallest absolute Gasteiger partial charge is 0.154 e. The molecule has 6 heteroatoms. The molecule has 102 valence electrons. The van der Waals surface area contributed by atoms with Gasteiger partial charge in [0.05, 0.1) is 22.8 Å². The van der Waals surface area contributed by atoms with E-state index < -0.39 is 9.84 Å². The second-order valence-electron chi connectivity index (χ2n) is 4.75. The minimum Gasteiger partial charge on any atom is -0.366 e. The monoisotopic (exact) mass is 298 g/mol. The third kappa shape index (κ3) is 3.02. The first-order valence-electron chi connectivity index (χ1n) is 6.03. The Balaban J connectivity index is 2.35. The van der Waals surface area contributed by atoms with E-state index in [1.54, 1.807) is 6.07 Å². The molecule has 0 bridgehead atoms. The highest BCUT2D eigenvalue weighted by atomic mass is 35.5. The quantitative estimate of drug-likeness (QED) is 0.783. The minimum absolute atomic E-state index is 0.118. The van der Waals surface area contributed by atoms with Gasteiger partial charge in [0.1, 0.15) is 6.07 Å². The molecule has 1 unspecified atom stereocenters. The van der Waals surface area contributed by atoms with Crippen LogP contribution in [0.1, 0.15) is 18.1 Å². The molecule has 19 heavy (non-hydrogen) atoms. The van der Waals surface area contributed by atoms with E-state index in [2.05, 4.69) is 6.07 Å². The Morgan fingerprint density at radius 2 is 2.26 bits per heavy atom. The predicted octanol–water partition coefficient (Wildman–Crippen LogP) is 1.92. The Morgan fingerprint density at radius 1 is 1.53 bits per heavy atom. The van der Waals surface area contributed by atoms with E-state index >= 15 is 0 Å². The molecule has 1 atom stereocenters. The Bertz CT molecular complexity index is 622. The Labute approximate surface area is 118 Å². The number of nitriles is 1. The molecule has 2 rings (SSSR count). The molecule has 4 nitrogen and oxygen atoms in total. The summed E-state index contributed by atoms with van der Waals surface area (Å²) in [4.78, 5) is 1.98. The molecule has 0 spiro atoms. The van der Waals surface area contributed by atoms with Gasteiger partial charge in [-0.05, 0) is 24.6 Å². The van der Waals surface area contributed by atoms with Crippen molar-refractivity contribution in [3.8, 4) is 6.07 Å². The van der Waals surface area contributed by atoms with E-state index in [0.717, 1.165) is 11.3 Å². The summed E-state index contributed by atoms with van der Waals surface area (Å²) < 4.78 is 23.2. The average molecular weight is 299 g/mol. The molecule has 1 aromatic carbocycles. The normalized spacial score (nSPS) is 21.9. The van der Waals surface area contributed by atoms with Gasteiger partial charge in [-0.1, -0.05) is 6.07 Å². The molecule has 1 heterocycles. The van der Waals surface area contributed by atoms with E-state index in [4.69, 9.17) is 11.6 Å². The maximum Gasteiger partial charge on any atom is 0.154 e. The van der Waals surface area contributed by atoms with Crippen molar-refractivity contribution in [3.05, 3.63) is 29.3 Å². The van der Waals surface area contributed by atoms with Crippen LogP contribution in [-0.2, 0) is 15.7 Å². The number of benzene rings is 1. The fourth-order valence-electron chi connectivity index (χ4n) is 2.36. The number of nitrogens with zero attached hydrogens (tertiary/aromatic N) is 2. The van der Waals surface area contributed by atoms with Crippen molar-refractivity contribution in [2.24, 2.45) is 0 Å². The lowest BCUT2D eigenvalue weighted by atomic mass is 10.1. The van der Waals surface area contributed by atoms with Crippen molar-refractivity contribution in [2.75, 3.05) is 23.0 Å². The molecule has 0 aromatic heterocycles. The number of halogens is 1. The van der Waals surface area contributed by atoms with Gasteiger partial charge in [0.2, 0.25) is 0 Å². The van der Waals surface area contributed by atoms with Crippen LogP contribution in [0.3, 0.4) is 0 Å². The molecule has 1 aromatic rings. The van der Waals surface area contributed by atoms with Crippen molar-refractivity contribution in [1.82, 2.24) is 0 Å². The molecule has 0 aliphatic carbocycles. The maximum absolute atomic E-state index is 11.6. The van der Waals surface area contributed by atoms with Crippen molar-refractivity contribution in [2.45, 2.75) is 18.8 Å². The molecule has 1 saturated heterocycles. The van der Waals surface area contributed by atoms with Gasteiger partial charge in [0.15, 0.2) is 9.84 Å². The molecule has 1 aliphatic heterocycles. The zero-order valence-electron chi connectivity index (χ0n) is 10.6. The fourth-order valence-corrected chi connectivity index (χ4v) is 4.09. The van der Waals surface area contributed by atoms with Crippen LogP contribution in [0.4, 0.5) is 5.69 Å². The summed E-state index contributed by atoms with van der Waals surface area (Å²) in [6, 6.07) is 7.53. The van der Waals surface area contributed by atoms with E-state index in [9.17, 15) is 13.7 Å². The molecule has 0 saturated carbocycles. The van der Waals surface area contributed by atoms with Crippen LogP contribution in [0.2, 0.25) is 0 Å². The first-order chi connectivity index (χ1) is 8.96. The second-order valence-corrected chi connectivity index (χ2v) is 7.25. The van der Waals surface area contributed by atoms with E-state index in [1.165, 1.54) is 0 Å². The highest BCUT2D eigenvalue weighted by Gasteiger charge is 2.29. The number of hydrogen-bond donors (Lipinski definition) is 0. The standard InChI is InChI=1S/C13H15ClN2O2S/c1-10-9-19(17,18)5-4-16(10)13-3-2-11(7-14)6-12(13)8-15/h2-3,6,10H,4-5,7,9H2,1H3.